The molecule has 4 heterocycles. The Labute approximate surface area is 385 Å². The fraction of sp³-hybridized carbons (Fsp3) is 0.222. The first-order valence-corrected chi connectivity index (χ1v) is 23.5. The molecule has 2 aliphatic rings. The molecular weight excluding hydrogens is 825 g/mol. The third kappa shape index (κ3) is 7.97. The number of benzene rings is 4. The number of anilines is 4. The van der Waals surface area contributed by atoms with E-state index in [-0.39, 0.29) is 10.8 Å². The minimum absolute atomic E-state index is 0.248. The smallest absolute Gasteiger partial charge is 0.109 e. The first-order chi connectivity index (χ1) is 31.0. The number of fused-ring (bicyclic) bond motifs is 2. The van der Waals surface area contributed by atoms with E-state index < -0.39 is 0 Å². The third-order valence-electron chi connectivity index (χ3n) is 12.9. The minimum atomic E-state index is -0.249. The van der Waals surface area contributed by atoms with Gasteiger partial charge in [-0.05, 0) is 93.7 Å². The van der Waals surface area contributed by atoms with Gasteiger partial charge in [-0.2, -0.15) is 21.5 Å². The van der Waals surface area contributed by atoms with Crippen LogP contribution in [0.3, 0.4) is 0 Å². The normalized spacial score (nSPS) is 14.2. The Balaban J connectivity index is 0.000000162. The minimum Gasteiger partial charge on any atom is -0.378 e. The summed E-state index contributed by atoms with van der Waals surface area (Å²) in [5.74, 6) is 0. The Morgan fingerprint density at radius 2 is 0.859 bits per heavy atom. The lowest BCUT2D eigenvalue weighted by atomic mass is 9.68. The zero-order chi connectivity index (χ0) is 44.6. The number of nitrogens with one attached hydrogen (secondary N) is 2. The number of aromatic nitrogens is 4. The average molecular weight is 881 g/mol. The SMILES string of the molecule is CN(C)c1ccc(C2(c3ccc(N(C)C)cc3)C=Cc3c(-c4cccs4)n[nH]c3C2)cc1.CN(C)c1ccc(C2(c3ccc(N(C)C)cc3)C=Cc3c(-c4ccsc4)n[nH]c3C2)cc1. The molecule has 10 heteroatoms. The summed E-state index contributed by atoms with van der Waals surface area (Å²) in [6, 6.07) is 42.1. The van der Waals surface area contributed by atoms with E-state index in [1.54, 1.807) is 22.7 Å². The standard InChI is InChI=1S/2C27H28N4S/c1-30(2)22-9-5-20(6-10-22)27(21-7-11-23(12-8-21)31(3)4)15-13-24-25(17-27)28-29-26(24)19-14-16-32-18-19;1-30(2)21-11-7-19(8-12-21)27(20-9-13-22(14-10-20)31(3)4)16-15-23-24(18-27)28-29-26(23)25-6-5-17-32-25/h5-16,18H,17H2,1-4H3,(H,28,29);5-17H,18H2,1-4H3,(H,28,29). The summed E-state index contributed by atoms with van der Waals surface area (Å²) >= 11 is 3.43. The van der Waals surface area contributed by atoms with Gasteiger partial charge in [0.25, 0.3) is 0 Å². The van der Waals surface area contributed by atoms with Crippen molar-refractivity contribution in [3.05, 3.63) is 188 Å². The highest BCUT2D eigenvalue weighted by Gasteiger charge is 2.38. The van der Waals surface area contributed by atoms with Gasteiger partial charge in [0.2, 0.25) is 0 Å². The maximum absolute atomic E-state index is 4.69. The molecule has 10 rings (SSSR count). The number of nitrogens with zero attached hydrogens (tertiary/aromatic N) is 6. The van der Waals surface area contributed by atoms with Crippen LogP contribution >= 0.6 is 22.7 Å². The van der Waals surface area contributed by atoms with Crippen molar-refractivity contribution in [3.63, 3.8) is 0 Å². The summed E-state index contributed by atoms with van der Waals surface area (Å²) < 4.78 is 0. The molecule has 324 valence electrons. The number of hydrogen-bond donors (Lipinski definition) is 2. The summed E-state index contributed by atoms with van der Waals surface area (Å²) in [6.07, 6.45) is 11.0. The van der Waals surface area contributed by atoms with Crippen molar-refractivity contribution in [2.45, 2.75) is 23.7 Å². The van der Waals surface area contributed by atoms with Gasteiger partial charge in [-0.25, -0.2) is 0 Å². The fourth-order valence-electron chi connectivity index (χ4n) is 9.10. The summed E-state index contributed by atoms with van der Waals surface area (Å²) in [6.45, 7) is 0. The van der Waals surface area contributed by atoms with Gasteiger partial charge in [-0.15, -0.1) is 11.3 Å². The highest BCUT2D eigenvalue weighted by molar-refractivity contribution is 7.13. The van der Waals surface area contributed by atoms with Gasteiger partial charge in [0, 0.05) is 136 Å². The molecule has 0 unspecified atom stereocenters. The third-order valence-corrected chi connectivity index (χ3v) is 14.5. The topological polar surface area (TPSA) is 70.3 Å². The van der Waals surface area contributed by atoms with Gasteiger partial charge >= 0.3 is 0 Å². The average Bonchev–Trinajstić information content (AvgIpc) is 4.17. The molecule has 0 bridgehead atoms. The number of H-pyrrole nitrogens is 2. The van der Waals surface area contributed by atoms with E-state index in [1.165, 1.54) is 78.0 Å². The Kier molecular flexibility index (Phi) is 11.7. The molecule has 0 radical (unpaired) electrons. The van der Waals surface area contributed by atoms with Crippen molar-refractivity contribution in [3.8, 4) is 21.8 Å². The Bertz CT molecular complexity index is 2560. The molecule has 0 saturated carbocycles. The van der Waals surface area contributed by atoms with Crippen molar-refractivity contribution in [2.24, 2.45) is 0 Å². The molecule has 8 nitrogen and oxygen atoms in total. The molecule has 2 aliphatic carbocycles. The van der Waals surface area contributed by atoms with Crippen LogP contribution in [0, 0.1) is 0 Å². The number of aromatic amines is 2. The van der Waals surface area contributed by atoms with Gasteiger partial charge in [0.1, 0.15) is 11.4 Å². The van der Waals surface area contributed by atoms with E-state index in [9.17, 15) is 0 Å². The van der Waals surface area contributed by atoms with Crippen LogP contribution in [0.2, 0.25) is 0 Å². The van der Waals surface area contributed by atoms with Gasteiger partial charge in [-0.1, -0.05) is 78.9 Å². The molecule has 0 amide bonds. The van der Waals surface area contributed by atoms with E-state index in [1.807, 2.05) is 0 Å². The van der Waals surface area contributed by atoms with Crippen LogP contribution in [0.5, 0.6) is 0 Å². The van der Waals surface area contributed by atoms with Crippen LogP contribution in [0.4, 0.5) is 22.7 Å². The second-order valence-electron chi connectivity index (χ2n) is 17.6. The van der Waals surface area contributed by atoms with Crippen molar-refractivity contribution < 1.29 is 0 Å². The first kappa shape index (κ1) is 42.7. The molecule has 4 aromatic carbocycles. The van der Waals surface area contributed by atoms with E-state index >= 15 is 0 Å². The van der Waals surface area contributed by atoms with Gasteiger partial charge in [-0.3, -0.25) is 10.2 Å². The van der Waals surface area contributed by atoms with E-state index in [4.69, 9.17) is 0 Å². The van der Waals surface area contributed by atoms with E-state index in [0.717, 1.165) is 24.2 Å². The quantitative estimate of drug-likeness (QED) is 0.143. The van der Waals surface area contributed by atoms with Crippen LogP contribution in [0.15, 0.2) is 144 Å². The Morgan fingerprint density at radius 3 is 1.20 bits per heavy atom. The molecule has 4 aromatic heterocycles. The van der Waals surface area contributed by atoms with E-state index in [2.05, 4.69) is 252 Å². The predicted octanol–water partition coefficient (Wildman–Crippen LogP) is 11.7. The van der Waals surface area contributed by atoms with Crippen molar-refractivity contribution in [1.29, 1.82) is 0 Å². The van der Waals surface area contributed by atoms with Crippen molar-refractivity contribution in [1.82, 2.24) is 20.4 Å². The lowest BCUT2D eigenvalue weighted by Gasteiger charge is -2.35. The monoisotopic (exact) mass is 880 g/mol. The fourth-order valence-corrected chi connectivity index (χ4v) is 10.5. The summed E-state index contributed by atoms with van der Waals surface area (Å²) in [5, 5.41) is 22.5. The number of thiophene rings is 2. The van der Waals surface area contributed by atoms with Crippen LogP contribution in [0.1, 0.15) is 44.8 Å². The Morgan fingerprint density at radius 1 is 0.469 bits per heavy atom. The number of rotatable bonds is 10. The van der Waals surface area contributed by atoms with Crippen LogP contribution in [-0.2, 0) is 23.7 Å². The number of hydrogen-bond acceptors (Lipinski definition) is 8. The maximum Gasteiger partial charge on any atom is 0.109 e. The molecule has 0 fully saturated rings. The molecule has 0 saturated heterocycles. The van der Waals surface area contributed by atoms with E-state index in [0.29, 0.717) is 0 Å². The molecule has 64 heavy (non-hydrogen) atoms. The van der Waals surface area contributed by atoms with Crippen LogP contribution in [0.25, 0.3) is 34.0 Å². The van der Waals surface area contributed by atoms with Gasteiger partial charge in [0.05, 0.1) is 4.88 Å². The van der Waals surface area contributed by atoms with Gasteiger partial charge < -0.3 is 19.6 Å². The predicted molar refractivity (Wildman–Crippen MR) is 274 cm³/mol. The van der Waals surface area contributed by atoms with Crippen molar-refractivity contribution >= 4 is 57.6 Å². The summed E-state index contributed by atoms with van der Waals surface area (Å²) in [4.78, 5) is 9.75. The zero-order valence-electron chi connectivity index (χ0n) is 37.9. The lowest BCUT2D eigenvalue weighted by Crippen LogP contribution is -2.30. The summed E-state index contributed by atoms with van der Waals surface area (Å²) in [7, 11) is 16.6. The largest absolute Gasteiger partial charge is 0.378 e. The second kappa shape index (κ2) is 17.5. The molecule has 0 spiro atoms. The molecule has 0 aliphatic heterocycles. The number of allylic oxidation sites excluding steroid dienone is 2. The maximum atomic E-state index is 4.69. The molecule has 8 aromatic rings. The zero-order valence-corrected chi connectivity index (χ0v) is 39.6. The molecular formula is C54H56N8S2. The Hall–Kier alpha value is -6.62. The van der Waals surface area contributed by atoms with Crippen LogP contribution < -0.4 is 19.6 Å². The summed E-state index contributed by atoms with van der Waals surface area (Å²) in [5.41, 5.74) is 17.5. The highest BCUT2D eigenvalue weighted by Crippen LogP contribution is 2.46. The van der Waals surface area contributed by atoms with Gasteiger partial charge in [0.15, 0.2) is 0 Å². The second-order valence-corrected chi connectivity index (χ2v) is 19.4. The van der Waals surface area contributed by atoms with Crippen LogP contribution in [-0.4, -0.2) is 76.8 Å². The lowest BCUT2D eigenvalue weighted by molar-refractivity contribution is 0.620. The van der Waals surface area contributed by atoms with Crippen molar-refractivity contribution in [2.75, 3.05) is 76.0 Å². The highest BCUT2D eigenvalue weighted by atomic mass is 32.1. The molecule has 0 atom stereocenters. The molecule has 2 N–H and O–H groups in total. The first-order valence-electron chi connectivity index (χ1n) is 21.7.